The number of benzene rings is 2. The van der Waals surface area contributed by atoms with Crippen molar-refractivity contribution in [2.24, 2.45) is 0 Å². The molecule has 9 heteroatoms. The number of para-hydroxylation sites is 1. The second kappa shape index (κ2) is 7.33. The van der Waals surface area contributed by atoms with Crippen molar-refractivity contribution >= 4 is 23.2 Å². The van der Waals surface area contributed by atoms with Gasteiger partial charge in [0.1, 0.15) is 19.0 Å². The Balaban J connectivity index is 1.67. The molecule has 1 N–H and O–H groups in total. The van der Waals surface area contributed by atoms with Crippen molar-refractivity contribution in [3.8, 4) is 17.2 Å². The van der Waals surface area contributed by atoms with Gasteiger partial charge in [-0.2, -0.15) is 13.2 Å². The van der Waals surface area contributed by atoms with Crippen molar-refractivity contribution in [3.05, 3.63) is 47.0 Å². The van der Waals surface area contributed by atoms with Crippen LogP contribution in [0.5, 0.6) is 17.2 Å². The Hall–Kier alpha value is -2.61. The topological polar surface area (TPSA) is 56.8 Å². The van der Waals surface area contributed by atoms with E-state index in [1.54, 1.807) is 0 Å². The van der Waals surface area contributed by atoms with E-state index in [4.69, 9.17) is 25.8 Å². The Morgan fingerprint density at radius 3 is 2.50 bits per heavy atom. The zero-order valence-electron chi connectivity index (χ0n) is 13.2. The lowest BCUT2D eigenvalue weighted by molar-refractivity contribution is -0.139. The first-order chi connectivity index (χ1) is 12.3. The van der Waals surface area contributed by atoms with Gasteiger partial charge in [0.25, 0.3) is 5.91 Å². The van der Waals surface area contributed by atoms with Crippen molar-refractivity contribution in [1.29, 1.82) is 0 Å². The molecule has 2 aromatic rings. The molecule has 138 valence electrons. The highest BCUT2D eigenvalue weighted by atomic mass is 35.5. The molecule has 0 radical (unpaired) electrons. The lowest BCUT2D eigenvalue weighted by atomic mass is 10.2. The number of hydrogen-bond donors (Lipinski definition) is 1. The van der Waals surface area contributed by atoms with Crippen LogP contribution in [0.4, 0.5) is 18.9 Å². The normalized spacial score (nSPS) is 13.2. The Morgan fingerprint density at radius 2 is 1.81 bits per heavy atom. The molecule has 0 saturated carbocycles. The summed E-state index contributed by atoms with van der Waals surface area (Å²) >= 11 is 6.07. The van der Waals surface area contributed by atoms with Gasteiger partial charge in [0.15, 0.2) is 18.1 Å². The zero-order valence-corrected chi connectivity index (χ0v) is 14.0. The fourth-order valence-electron chi connectivity index (χ4n) is 2.32. The summed E-state index contributed by atoms with van der Waals surface area (Å²) in [6, 6.07) is 7.63. The first kappa shape index (κ1) is 18.2. The summed E-state index contributed by atoms with van der Waals surface area (Å²) in [5.41, 5.74) is -0.709. The molecule has 1 heterocycles. The van der Waals surface area contributed by atoms with Crippen molar-refractivity contribution in [1.82, 2.24) is 0 Å². The number of carbonyl (C=O) groups excluding carboxylic acids is 1. The molecule has 26 heavy (non-hydrogen) atoms. The molecule has 0 atom stereocenters. The number of alkyl halides is 3. The van der Waals surface area contributed by atoms with Gasteiger partial charge in [0.2, 0.25) is 0 Å². The number of carbonyl (C=O) groups is 1. The van der Waals surface area contributed by atoms with Gasteiger partial charge < -0.3 is 19.5 Å². The largest absolute Gasteiger partial charge is 0.486 e. The quantitative estimate of drug-likeness (QED) is 0.856. The maximum absolute atomic E-state index is 12.9. The molecule has 2 aromatic carbocycles. The average Bonchev–Trinajstić information content (AvgIpc) is 2.60. The highest BCUT2D eigenvalue weighted by molar-refractivity contribution is 6.34. The minimum atomic E-state index is -4.58. The van der Waals surface area contributed by atoms with Gasteiger partial charge in [-0.3, -0.25) is 4.79 Å². The third kappa shape index (κ3) is 4.13. The fourth-order valence-corrected chi connectivity index (χ4v) is 2.52. The Kier molecular flexibility index (Phi) is 5.13. The minimum Gasteiger partial charge on any atom is -0.486 e. The number of ether oxygens (including phenoxy) is 3. The van der Waals surface area contributed by atoms with Crippen molar-refractivity contribution < 1.29 is 32.2 Å². The van der Waals surface area contributed by atoms with Gasteiger partial charge in [0.05, 0.1) is 16.3 Å². The standard InChI is InChI=1S/C17H13ClF3NO4/c18-11-7-14-15(25-6-5-24-14)8-12(11)22-16(23)9-26-13-4-2-1-3-10(13)17(19,20)21/h1-4,7-8H,5-6,9H2,(H,22,23). The SMILES string of the molecule is O=C(COc1ccccc1C(F)(F)F)Nc1cc2c(cc1Cl)OCCO2. The smallest absolute Gasteiger partial charge is 0.419 e. The number of amides is 1. The van der Waals surface area contributed by atoms with E-state index in [0.717, 1.165) is 12.1 Å². The van der Waals surface area contributed by atoms with Crippen LogP contribution in [0.15, 0.2) is 36.4 Å². The molecule has 1 amide bonds. The predicted octanol–water partition coefficient (Wildman–Crippen LogP) is 4.15. The van der Waals surface area contributed by atoms with Crippen LogP contribution in [-0.4, -0.2) is 25.7 Å². The van der Waals surface area contributed by atoms with Crippen LogP contribution >= 0.6 is 11.6 Å². The average molecular weight is 388 g/mol. The number of nitrogens with one attached hydrogen (secondary N) is 1. The van der Waals surface area contributed by atoms with E-state index in [9.17, 15) is 18.0 Å². The number of rotatable bonds is 4. The van der Waals surface area contributed by atoms with Gasteiger partial charge in [0, 0.05) is 12.1 Å². The number of fused-ring (bicyclic) bond motifs is 1. The van der Waals surface area contributed by atoms with Crippen LogP contribution in [0.2, 0.25) is 5.02 Å². The lowest BCUT2D eigenvalue weighted by Crippen LogP contribution is -2.22. The molecule has 0 bridgehead atoms. The van der Waals surface area contributed by atoms with Gasteiger partial charge >= 0.3 is 6.18 Å². The Labute approximate surface area is 151 Å². The highest BCUT2D eigenvalue weighted by Crippen LogP contribution is 2.38. The number of hydrogen-bond acceptors (Lipinski definition) is 4. The summed E-state index contributed by atoms with van der Waals surface area (Å²) in [6.07, 6.45) is -4.58. The van der Waals surface area contributed by atoms with E-state index < -0.39 is 30.0 Å². The Morgan fingerprint density at radius 1 is 1.15 bits per heavy atom. The molecular weight excluding hydrogens is 375 g/mol. The summed E-state index contributed by atoms with van der Waals surface area (Å²) in [7, 11) is 0. The summed E-state index contributed by atoms with van der Waals surface area (Å²) in [5.74, 6) is -0.224. The van der Waals surface area contributed by atoms with E-state index in [2.05, 4.69) is 5.32 Å². The van der Waals surface area contributed by atoms with Crippen LogP contribution in [-0.2, 0) is 11.0 Å². The van der Waals surface area contributed by atoms with Gasteiger partial charge in [-0.25, -0.2) is 0 Å². The van der Waals surface area contributed by atoms with Gasteiger partial charge in [-0.05, 0) is 12.1 Å². The second-order valence-electron chi connectivity index (χ2n) is 5.31. The lowest BCUT2D eigenvalue weighted by Gasteiger charge is -2.20. The molecule has 0 aromatic heterocycles. The minimum absolute atomic E-state index is 0.207. The van der Waals surface area contributed by atoms with Crippen molar-refractivity contribution in [2.45, 2.75) is 6.18 Å². The van der Waals surface area contributed by atoms with Gasteiger partial charge in [-0.15, -0.1) is 0 Å². The molecule has 0 saturated heterocycles. The second-order valence-corrected chi connectivity index (χ2v) is 5.71. The van der Waals surface area contributed by atoms with E-state index in [-0.39, 0.29) is 10.7 Å². The molecule has 5 nitrogen and oxygen atoms in total. The van der Waals surface area contributed by atoms with Crippen LogP contribution in [0.3, 0.4) is 0 Å². The summed E-state index contributed by atoms with van der Waals surface area (Å²) < 4.78 is 54.5. The highest BCUT2D eigenvalue weighted by Gasteiger charge is 2.34. The summed E-state index contributed by atoms with van der Waals surface area (Å²) in [4.78, 5) is 12.0. The monoisotopic (exact) mass is 387 g/mol. The molecule has 0 fully saturated rings. The zero-order chi connectivity index (χ0) is 18.7. The van der Waals surface area contributed by atoms with Gasteiger partial charge in [-0.1, -0.05) is 23.7 Å². The summed E-state index contributed by atoms with van der Waals surface area (Å²) in [5, 5.41) is 2.68. The first-order valence-corrected chi connectivity index (χ1v) is 7.90. The van der Waals surface area contributed by atoms with E-state index in [1.807, 2.05) is 0 Å². The van der Waals surface area contributed by atoms with Crippen molar-refractivity contribution in [3.63, 3.8) is 0 Å². The third-order valence-corrected chi connectivity index (χ3v) is 3.77. The number of anilines is 1. The van der Waals surface area contributed by atoms with E-state index in [0.29, 0.717) is 24.7 Å². The molecule has 3 rings (SSSR count). The fraction of sp³-hybridized carbons (Fsp3) is 0.235. The molecule has 0 aliphatic carbocycles. The van der Waals surface area contributed by atoms with Crippen LogP contribution in [0.25, 0.3) is 0 Å². The molecule has 0 unspecified atom stereocenters. The van der Waals surface area contributed by atoms with E-state index >= 15 is 0 Å². The molecular formula is C17H13ClF3NO4. The van der Waals surface area contributed by atoms with Crippen molar-refractivity contribution in [2.75, 3.05) is 25.1 Å². The summed E-state index contributed by atoms with van der Waals surface area (Å²) in [6.45, 7) is 0.138. The third-order valence-electron chi connectivity index (χ3n) is 3.46. The van der Waals surface area contributed by atoms with E-state index in [1.165, 1.54) is 24.3 Å². The molecule has 1 aliphatic rings. The molecule has 1 aliphatic heterocycles. The number of halogens is 4. The Bertz CT molecular complexity index is 826. The van der Waals surface area contributed by atoms with Crippen LogP contribution < -0.4 is 19.5 Å². The van der Waals surface area contributed by atoms with Crippen LogP contribution in [0, 0.1) is 0 Å². The predicted molar refractivity (Wildman–Crippen MR) is 88.0 cm³/mol. The first-order valence-electron chi connectivity index (χ1n) is 7.52. The van der Waals surface area contributed by atoms with Crippen LogP contribution in [0.1, 0.15) is 5.56 Å². The maximum Gasteiger partial charge on any atom is 0.419 e. The molecule has 0 spiro atoms. The maximum atomic E-state index is 12.9.